The minimum absolute atomic E-state index is 0.126. The van der Waals surface area contributed by atoms with Gasteiger partial charge in [-0.15, -0.1) is 0 Å². The number of rotatable bonds is 7. The summed E-state index contributed by atoms with van der Waals surface area (Å²) < 4.78 is 52.3. The summed E-state index contributed by atoms with van der Waals surface area (Å²) in [4.78, 5) is 0. The quantitative estimate of drug-likeness (QED) is 0.309. The SMILES string of the molecule is FC(F)(F)c1cc(COc2ccc(OCc3ccccc3)cc2)n(-c2ccccc2Cl)n1. The van der Waals surface area contributed by atoms with Crippen LogP contribution in [0.25, 0.3) is 5.69 Å². The molecule has 4 nitrogen and oxygen atoms in total. The largest absolute Gasteiger partial charge is 0.489 e. The maximum absolute atomic E-state index is 13.2. The van der Waals surface area contributed by atoms with E-state index in [0.29, 0.717) is 23.8 Å². The number of hydrogen-bond acceptors (Lipinski definition) is 3. The van der Waals surface area contributed by atoms with E-state index < -0.39 is 11.9 Å². The summed E-state index contributed by atoms with van der Waals surface area (Å²) in [6, 6.07) is 24.1. The molecule has 0 amide bonds. The van der Waals surface area contributed by atoms with Crippen LogP contribution in [-0.4, -0.2) is 9.78 Å². The monoisotopic (exact) mass is 458 g/mol. The van der Waals surface area contributed by atoms with Gasteiger partial charge in [-0.2, -0.15) is 18.3 Å². The van der Waals surface area contributed by atoms with Crippen LogP contribution in [0.15, 0.2) is 84.9 Å². The molecule has 0 fully saturated rings. The first kappa shape index (κ1) is 21.8. The van der Waals surface area contributed by atoms with Gasteiger partial charge in [0.2, 0.25) is 0 Å². The first-order valence-electron chi connectivity index (χ1n) is 9.71. The predicted molar refractivity (Wildman–Crippen MR) is 115 cm³/mol. The summed E-state index contributed by atoms with van der Waals surface area (Å²) in [5, 5.41) is 3.98. The fourth-order valence-electron chi connectivity index (χ4n) is 3.02. The zero-order valence-corrected chi connectivity index (χ0v) is 17.5. The highest BCUT2D eigenvalue weighted by atomic mass is 35.5. The van der Waals surface area contributed by atoms with Gasteiger partial charge in [0.25, 0.3) is 0 Å². The fourth-order valence-corrected chi connectivity index (χ4v) is 3.24. The molecular weight excluding hydrogens is 441 g/mol. The second-order valence-electron chi connectivity index (χ2n) is 6.92. The van der Waals surface area contributed by atoms with E-state index in [4.69, 9.17) is 21.1 Å². The summed E-state index contributed by atoms with van der Waals surface area (Å²) in [7, 11) is 0. The lowest BCUT2D eigenvalue weighted by atomic mass is 10.2. The van der Waals surface area contributed by atoms with E-state index in [1.165, 1.54) is 0 Å². The third-order valence-electron chi connectivity index (χ3n) is 4.61. The molecule has 0 saturated carbocycles. The molecule has 1 heterocycles. The summed E-state index contributed by atoms with van der Waals surface area (Å²) in [6.07, 6.45) is -4.58. The predicted octanol–water partition coefficient (Wildman–Crippen LogP) is 6.70. The van der Waals surface area contributed by atoms with Gasteiger partial charge < -0.3 is 9.47 Å². The molecule has 0 saturated heterocycles. The Morgan fingerprint density at radius 3 is 2.00 bits per heavy atom. The lowest BCUT2D eigenvalue weighted by Gasteiger charge is -2.11. The highest BCUT2D eigenvalue weighted by Crippen LogP contribution is 2.31. The molecule has 8 heteroatoms. The molecule has 1 aromatic heterocycles. The Bertz CT molecular complexity index is 1180. The third kappa shape index (κ3) is 5.23. The van der Waals surface area contributed by atoms with Crippen molar-refractivity contribution in [2.45, 2.75) is 19.4 Å². The molecule has 0 radical (unpaired) electrons. The summed E-state index contributed by atoms with van der Waals surface area (Å²) >= 11 is 6.17. The van der Waals surface area contributed by atoms with Gasteiger partial charge in [-0.1, -0.05) is 54.1 Å². The number of hydrogen-bond donors (Lipinski definition) is 0. The highest BCUT2D eigenvalue weighted by Gasteiger charge is 2.35. The van der Waals surface area contributed by atoms with Crippen molar-refractivity contribution in [1.29, 1.82) is 0 Å². The second-order valence-corrected chi connectivity index (χ2v) is 7.32. The number of ether oxygens (including phenoxy) is 2. The van der Waals surface area contributed by atoms with Crippen LogP contribution in [0, 0.1) is 0 Å². The summed E-state index contributed by atoms with van der Waals surface area (Å²) in [5.41, 5.74) is 0.588. The van der Waals surface area contributed by atoms with Crippen molar-refractivity contribution in [3.8, 4) is 17.2 Å². The Hall–Kier alpha value is -3.45. The van der Waals surface area contributed by atoms with Crippen molar-refractivity contribution >= 4 is 11.6 Å². The van der Waals surface area contributed by atoms with E-state index >= 15 is 0 Å². The standard InChI is InChI=1S/C24H18ClF3N2O2/c25-21-8-4-5-9-22(21)30-18(14-23(29-30)24(26,27)28)16-32-20-12-10-19(11-13-20)31-15-17-6-2-1-3-7-17/h1-14H,15-16H2. The van der Waals surface area contributed by atoms with Gasteiger partial charge in [-0.05, 0) is 48.0 Å². The Balaban J connectivity index is 1.47. The molecule has 0 spiro atoms. The van der Waals surface area contributed by atoms with Crippen LogP contribution in [0.5, 0.6) is 11.5 Å². The van der Waals surface area contributed by atoms with Crippen LogP contribution in [-0.2, 0) is 19.4 Å². The molecule has 164 valence electrons. The lowest BCUT2D eigenvalue weighted by molar-refractivity contribution is -0.141. The van der Waals surface area contributed by atoms with Gasteiger partial charge in [0.1, 0.15) is 24.7 Å². The van der Waals surface area contributed by atoms with E-state index in [-0.39, 0.29) is 17.3 Å². The van der Waals surface area contributed by atoms with Crippen LogP contribution < -0.4 is 9.47 Å². The molecule has 3 aromatic carbocycles. The van der Waals surface area contributed by atoms with E-state index in [0.717, 1.165) is 16.3 Å². The molecule has 0 unspecified atom stereocenters. The Labute approximate surface area is 187 Å². The van der Waals surface area contributed by atoms with Crippen molar-refractivity contribution in [2.75, 3.05) is 0 Å². The van der Waals surface area contributed by atoms with Crippen molar-refractivity contribution in [1.82, 2.24) is 9.78 Å². The normalized spacial score (nSPS) is 11.4. The molecule has 0 bridgehead atoms. The molecule has 0 N–H and O–H groups in total. The number of benzene rings is 3. The van der Waals surface area contributed by atoms with Crippen molar-refractivity contribution < 1.29 is 22.6 Å². The molecule has 32 heavy (non-hydrogen) atoms. The van der Waals surface area contributed by atoms with Crippen molar-refractivity contribution in [3.05, 3.63) is 107 Å². The minimum atomic E-state index is -4.58. The van der Waals surface area contributed by atoms with Crippen molar-refractivity contribution in [2.24, 2.45) is 0 Å². The number of para-hydroxylation sites is 1. The maximum atomic E-state index is 13.2. The zero-order chi connectivity index (χ0) is 22.6. The van der Waals surface area contributed by atoms with Gasteiger partial charge in [-0.25, -0.2) is 4.68 Å². The summed E-state index contributed by atoms with van der Waals surface area (Å²) in [6.45, 7) is 0.302. The number of alkyl halides is 3. The van der Waals surface area contributed by atoms with Gasteiger partial charge in [-0.3, -0.25) is 0 Å². The van der Waals surface area contributed by atoms with Crippen LogP contribution in [0.1, 0.15) is 17.0 Å². The topological polar surface area (TPSA) is 36.3 Å². The van der Waals surface area contributed by atoms with Crippen LogP contribution in [0.4, 0.5) is 13.2 Å². The molecule has 0 aliphatic heterocycles. The van der Waals surface area contributed by atoms with Crippen LogP contribution in [0.2, 0.25) is 5.02 Å². The van der Waals surface area contributed by atoms with Crippen LogP contribution >= 0.6 is 11.6 Å². The van der Waals surface area contributed by atoms with Gasteiger partial charge >= 0.3 is 6.18 Å². The Kier molecular flexibility index (Phi) is 6.37. The molecule has 0 atom stereocenters. The van der Waals surface area contributed by atoms with E-state index in [1.807, 2.05) is 30.3 Å². The minimum Gasteiger partial charge on any atom is -0.489 e. The molecule has 0 aliphatic rings. The highest BCUT2D eigenvalue weighted by molar-refractivity contribution is 6.32. The first-order chi connectivity index (χ1) is 15.4. The average Bonchev–Trinajstić information content (AvgIpc) is 3.23. The van der Waals surface area contributed by atoms with E-state index in [9.17, 15) is 13.2 Å². The van der Waals surface area contributed by atoms with Crippen molar-refractivity contribution in [3.63, 3.8) is 0 Å². The average molecular weight is 459 g/mol. The first-order valence-corrected chi connectivity index (χ1v) is 10.1. The lowest BCUT2D eigenvalue weighted by Crippen LogP contribution is -2.08. The zero-order valence-electron chi connectivity index (χ0n) is 16.7. The molecule has 4 rings (SSSR count). The van der Waals surface area contributed by atoms with Gasteiger partial charge in [0.15, 0.2) is 5.69 Å². The van der Waals surface area contributed by atoms with E-state index in [1.54, 1.807) is 48.5 Å². The number of nitrogens with zero attached hydrogens (tertiary/aromatic N) is 2. The Morgan fingerprint density at radius 2 is 1.38 bits per heavy atom. The smallest absolute Gasteiger partial charge is 0.435 e. The van der Waals surface area contributed by atoms with Crippen LogP contribution in [0.3, 0.4) is 0 Å². The molecular formula is C24H18ClF3N2O2. The third-order valence-corrected chi connectivity index (χ3v) is 4.93. The molecule has 0 aliphatic carbocycles. The van der Waals surface area contributed by atoms with E-state index in [2.05, 4.69) is 5.10 Å². The maximum Gasteiger partial charge on any atom is 0.435 e. The fraction of sp³-hybridized carbons (Fsp3) is 0.125. The number of aromatic nitrogens is 2. The van der Waals surface area contributed by atoms with Gasteiger partial charge in [0.05, 0.1) is 16.4 Å². The second kappa shape index (κ2) is 9.36. The molecule has 4 aromatic rings. The number of halogens is 4. The van der Waals surface area contributed by atoms with Gasteiger partial charge in [0, 0.05) is 0 Å². The summed E-state index contributed by atoms with van der Waals surface area (Å²) in [5.74, 6) is 1.14. The Morgan fingerprint density at radius 1 is 0.781 bits per heavy atom.